The molecular weight excluding hydrogens is 357 g/mol. The highest BCUT2D eigenvalue weighted by Gasteiger charge is 2.16. The van der Waals surface area contributed by atoms with Gasteiger partial charge < -0.3 is 5.73 Å². The summed E-state index contributed by atoms with van der Waals surface area (Å²) >= 11 is 5.06. The number of rotatable bonds is 2. The molecule has 0 bridgehead atoms. The Hall–Kier alpha value is 0.0200. The minimum absolute atomic E-state index is 0.0697. The van der Waals surface area contributed by atoms with Gasteiger partial charge in [-0.05, 0) is 28.7 Å². The zero-order chi connectivity index (χ0) is 10.0. The van der Waals surface area contributed by atoms with Crippen LogP contribution in [0.1, 0.15) is 17.8 Å². The molecule has 13 heavy (non-hydrogen) atoms. The Kier molecular flexibility index (Phi) is 3.84. The van der Waals surface area contributed by atoms with Crippen LogP contribution >= 0.6 is 38.5 Å². The molecule has 1 aromatic heterocycles. The topological polar surface area (TPSA) is 38.9 Å². The molecule has 0 unspecified atom stereocenters. The van der Waals surface area contributed by atoms with Crippen LogP contribution in [0.4, 0.5) is 14.5 Å². The molecule has 2 nitrogen and oxygen atoms in total. The van der Waals surface area contributed by atoms with E-state index in [-0.39, 0.29) is 11.4 Å². The lowest BCUT2D eigenvalue weighted by atomic mass is 10.3. The first-order valence-corrected chi connectivity index (χ1v) is 5.55. The van der Waals surface area contributed by atoms with E-state index in [1.807, 2.05) is 22.6 Å². The Labute approximate surface area is 96.2 Å². The normalized spacial score (nSPS) is 10.8. The van der Waals surface area contributed by atoms with Gasteiger partial charge in [-0.2, -0.15) is 0 Å². The van der Waals surface area contributed by atoms with Crippen LogP contribution in [-0.4, -0.2) is 4.98 Å². The van der Waals surface area contributed by atoms with Crippen molar-refractivity contribution >= 4 is 44.2 Å². The van der Waals surface area contributed by atoms with Crippen LogP contribution in [0.3, 0.4) is 0 Å². The van der Waals surface area contributed by atoms with Gasteiger partial charge in [-0.15, -0.1) is 0 Å². The van der Waals surface area contributed by atoms with Crippen LogP contribution in [0.15, 0.2) is 6.07 Å². The Morgan fingerprint density at radius 3 is 2.69 bits per heavy atom. The van der Waals surface area contributed by atoms with Crippen LogP contribution in [0.5, 0.6) is 0 Å². The second-order valence-electron chi connectivity index (χ2n) is 2.33. The number of aromatic nitrogens is 1. The van der Waals surface area contributed by atoms with Gasteiger partial charge in [0, 0.05) is 8.90 Å². The van der Waals surface area contributed by atoms with E-state index in [1.165, 1.54) is 0 Å². The molecule has 0 aromatic carbocycles. The van der Waals surface area contributed by atoms with Gasteiger partial charge in [0.1, 0.15) is 5.69 Å². The molecule has 0 amide bonds. The second-order valence-corrected chi connectivity index (χ2v) is 4.05. The van der Waals surface area contributed by atoms with E-state index >= 15 is 0 Å². The molecule has 6 heteroatoms. The van der Waals surface area contributed by atoms with E-state index in [2.05, 4.69) is 20.9 Å². The van der Waals surface area contributed by atoms with E-state index in [9.17, 15) is 8.78 Å². The summed E-state index contributed by atoms with van der Waals surface area (Å²) in [5.41, 5.74) is 5.74. The summed E-state index contributed by atoms with van der Waals surface area (Å²) in [6.45, 7) is 0. The lowest BCUT2D eigenvalue weighted by Gasteiger charge is -2.07. The number of nitrogen functional groups attached to an aromatic ring is 1. The van der Waals surface area contributed by atoms with E-state index in [0.717, 1.165) is 0 Å². The van der Waals surface area contributed by atoms with Gasteiger partial charge in [0.15, 0.2) is 0 Å². The summed E-state index contributed by atoms with van der Waals surface area (Å²) in [5, 5.41) is 0.447. The SMILES string of the molecule is Nc1c(I)cc(CBr)nc1C(F)F. The summed E-state index contributed by atoms with van der Waals surface area (Å²) in [4.78, 5) is 3.72. The molecule has 0 radical (unpaired) electrons. The van der Waals surface area contributed by atoms with E-state index < -0.39 is 6.43 Å². The predicted molar refractivity (Wildman–Crippen MR) is 59.0 cm³/mol. The van der Waals surface area contributed by atoms with Crippen molar-refractivity contribution in [2.45, 2.75) is 11.8 Å². The average Bonchev–Trinajstić information content (AvgIpc) is 2.09. The highest BCUT2D eigenvalue weighted by molar-refractivity contribution is 14.1. The van der Waals surface area contributed by atoms with Crippen molar-refractivity contribution in [1.29, 1.82) is 0 Å². The van der Waals surface area contributed by atoms with Crippen molar-refractivity contribution in [2.75, 3.05) is 5.73 Å². The maximum absolute atomic E-state index is 12.4. The predicted octanol–water partition coefficient (Wildman–Crippen LogP) is 3.10. The molecule has 1 rings (SSSR count). The van der Waals surface area contributed by atoms with E-state index in [4.69, 9.17) is 5.73 Å². The molecule has 0 saturated heterocycles. The van der Waals surface area contributed by atoms with Crippen molar-refractivity contribution in [3.63, 3.8) is 0 Å². The van der Waals surface area contributed by atoms with Crippen LogP contribution in [0.25, 0.3) is 0 Å². The lowest BCUT2D eigenvalue weighted by molar-refractivity contribution is 0.146. The van der Waals surface area contributed by atoms with E-state index in [0.29, 0.717) is 14.6 Å². The number of hydrogen-bond acceptors (Lipinski definition) is 2. The molecule has 72 valence electrons. The third-order valence-electron chi connectivity index (χ3n) is 1.43. The molecule has 0 aliphatic carbocycles. The third kappa shape index (κ3) is 2.49. The molecule has 0 atom stereocenters. The quantitative estimate of drug-likeness (QED) is 0.648. The standard InChI is InChI=1S/C7H6BrF2IN2/c8-2-3-1-4(11)5(12)6(13-3)7(9)10/h1,7H,2,12H2. The fourth-order valence-corrected chi connectivity index (χ4v) is 1.75. The minimum atomic E-state index is -2.62. The molecular formula is C7H6BrF2IN2. The first-order chi connectivity index (χ1) is 6.06. The van der Waals surface area contributed by atoms with Crippen LogP contribution in [-0.2, 0) is 5.33 Å². The first kappa shape index (κ1) is 11.1. The number of pyridine rings is 1. The smallest absolute Gasteiger partial charge is 0.282 e. The molecule has 0 saturated carbocycles. The highest BCUT2D eigenvalue weighted by atomic mass is 127. The van der Waals surface area contributed by atoms with Crippen LogP contribution in [0.2, 0.25) is 0 Å². The van der Waals surface area contributed by atoms with Crippen molar-refractivity contribution in [1.82, 2.24) is 4.98 Å². The Balaban J connectivity index is 3.25. The average molecular weight is 363 g/mol. The Morgan fingerprint density at radius 1 is 1.62 bits per heavy atom. The van der Waals surface area contributed by atoms with Crippen molar-refractivity contribution in [3.8, 4) is 0 Å². The summed E-state index contributed by atoms with van der Waals surface area (Å²) < 4.78 is 25.3. The summed E-state index contributed by atoms with van der Waals surface area (Å²) in [5.74, 6) is 0. The van der Waals surface area contributed by atoms with Gasteiger partial charge in [0.25, 0.3) is 6.43 Å². The molecule has 0 aliphatic heterocycles. The second kappa shape index (κ2) is 4.50. The summed E-state index contributed by atoms with van der Waals surface area (Å²) in [7, 11) is 0. The fourth-order valence-electron chi connectivity index (χ4n) is 0.828. The highest BCUT2D eigenvalue weighted by Crippen LogP contribution is 2.27. The van der Waals surface area contributed by atoms with Gasteiger partial charge >= 0.3 is 0 Å². The number of nitrogens with zero attached hydrogens (tertiary/aromatic N) is 1. The monoisotopic (exact) mass is 362 g/mol. The number of anilines is 1. The molecule has 2 N–H and O–H groups in total. The number of hydrogen-bond donors (Lipinski definition) is 1. The van der Waals surface area contributed by atoms with Gasteiger partial charge in [-0.25, -0.2) is 13.8 Å². The number of nitrogens with two attached hydrogens (primary N) is 1. The van der Waals surface area contributed by atoms with Crippen molar-refractivity contribution in [2.24, 2.45) is 0 Å². The zero-order valence-electron chi connectivity index (χ0n) is 6.40. The van der Waals surface area contributed by atoms with Crippen molar-refractivity contribution in [3.05, 3.63) is 21.0 Å². The molecule has 1 aromatic rings. The van der Waals surface area contributed by atoms with Crippen molar-refractivity contribution < 1.29 is 8.78 Å². The van der Waals surface area contributed by atoms with Gasteiger partial charge in [-0.1, -0.05) is 15.9 Å². The minimum Gasteiger partial charge on any atom is -0.396 e. The zero-order valence-corrected chi connectivity index (χ0v) is 10.1. The Morgan fingerprint density at radius 2 is 2.23 bits per heavy atom. The number of alkyl halides is 3. The summed E-state index contributed by atoms with van der Waals surface area (Å²) in [6, 6.07) is 1.68. The molecule has 0 aliphatic rings. The largest absolute Gasteiger partial charge is 0.396 e. The molecule has 0 spiro atoms. The lowest BCUT2D eigenvalue weighted by Crippen LogP contribution is -2.03. The van der Waals surface area contributed by atoms with Gasteiger partial charge in [0.05, 0.1) is 11.4 Å². The molecule has 0 fully saturated rings. The summed E-state index contributed by atoms with van der Waals surface area (Å²) in [6.07, 6.45) is -2.62. The maximum Gasteiger partial charge on any atom is 0.282 e. The molecule has 1 heterocycles. The van der Waals surface area contributed by atoms with Crippen LogP contribution < -0.4 is 5.73 Å². The van der Waals surface area contributed by atoms with Gasteiger partial charge in [-0.3, -0.25) is 0 Å². The van der Waals surface area contributed by atoms with Gasteiger partial charge in [0.2, 0.25) is 0 Å². The van der Waals surface area contributed by atoms with E-state index in [1.54, 1.807) is 6.07 Å². The maximum atomic E-state index is 12.4. The third-order valence-corrected chi connectivity index (χ3v) is 2.90. The fraction of sp³-hybridized carbons (Fsp3) is 0.286. The number of halogens is 4. The van der Waals surface area contributed by atoms with Crippen LogP contribution in [0, 0.1) is 3.57 Å². The first-order valence-electron chi connectivity index (χ1n) is 3.35. The Bertz CT molecular complexity index is 320.